The van der Waals surface area contributed by atoms with Crippen molar-refractivity contribution in [2.75, 3.05) is 36.4 Å². The number of nitrogens with zero attached hydrogens (tertiary/aromatic N) is 3. The molecule has 0 spiro atoms. The third-order valence-corrected chi connectivity index (χ3v) is 4.55. The van der Waals surface area contributed by atoms with Crippen molar-refractivity contribution in [2.45, 2.75) is 40.5 Å². The molecule has 27 heavy (non-hydrogen) atoms. The molecule has 1 aromatic heterocycles. The zero-order chi connectivity index (χ0) is 19.6. The minimum Gasteiger partial charge on any atom is -0.372 e. The van der Waals surface area contributed by atoms with Gasteiger partial charge in [-0.25, -0.2) is 4.98 Å². The van der Waals surface area contributed by atoms with E-state index in [-0.39, 0.29) is 5.91 Å². The van der Waals surface area contributed by atoms with Crippen molar-refractivity contribution >= 4 is 23.1 Å². The van der Waals surface area contributed by atoms with Crippen molar-refractivity contribution in [3.63, 3.8) is 0 Å². The number of hydrogen-bond donors (Lipinski definition) is 1. The number of amides is 1. The van der Waals surface area contributed by atoms with Gasteiger partial charge in [-0.1, -0.05) is 13.8 Å². The first-order chi connectivity index (χ1) is 13.1. The van der Waals surface area contributed by atoms with Crippen molar-refractivity contribution in [2.24, 2.45) is 0 Å². The van der Waals surface area contributed by atoms with Crippen LogP contribution in [0.3, 0.4) is 0 Å². The van der Waals surface area contributed by atoms with E-state index in [2.05, 4.69) is 55.0 Å². The van der Waals surface area contributed by atoms with E-state index in [4.69, 9.17) is 0 Å². The van der Waals surface area contributed by atoms with Gasteiger partial charge in [-0.3, -0.25) is 4.79 Å². The summed E-state index contributed by atoms with van der Waals surface area (Å²) >= 11 is 0. The molecule has 0 bridgehead atoms. The van der Waals surface area contributed by atoms with Crippen molar-refractivity contribution in [1.82, 2.24) is 9.88 Å². The Morgan fingerprint density at radius 1 is 0.963 bits per heavy atom. The minimum atomic E-state index is 0.0704. The molecule has 1 aromatic carbocycles. The Balaban J connectivity index is 2.12. The number of hydrogen-bond acceptors (Lipinski definition) is 4. The molecule has 0 fully saturated rings. The van der Waals surface area contributed by atoms with Crippen LogP contribution >= 0.6 is 0 Å². The smallest absolute Gasteiger partial charge is 0.254 e. The lowest BCUT2D eigenvalue weighted by Crippen LogP contribution is -2.32. The van der Waals surface area contributed by atoms with Crippen molar-refractivity contribution in [3.8, 4) is 0 Å². The van der Waals surface area contributed by atoms with Crippen LogP contribution in [0.25, 0.3) is 0 Å². The van der Waals surface area contributed by atoms with E-state index >= 15 is 0 Å². The van der Waals surface area contributed by atoms with Crippen LogP contribution in [-0.4, -0.2) is 42.0 Å². The summed E-state index contributed by atoms with van der Waals surface area (Å²) in [6, 6.07) is 11.9. The summed E-state index contributed by atoms with van der Waals surface area (Å²) in [5.41, 5.74) is 2.84. The number of nitrogens with one attached hydrogen (secondary N) is 1. The van der Waals surface area contributed by atoms with E-state index in [1.807, 2.05) is 23.1 Å². The molecule has 0 radical (unpaired) electrons. The molecule has 0 saturated carbocycles. The third-order valence-electron chi connectivity index (χ3n) is 4.55. The molecule has 0 saturated heterocycles. The summed E-state index contributed by atoms with van der Waals surface area (Å²) in [6.07, 6.45) is 3.61. The molecule has 2 aromatic rings. The fourth-order valence-corrected chi connectivity index (χ4v) is 3.16. The number of carbonyl (C=O) groups excluding carboxylic acids is 1. The SMILES string of the molecule is CCCN(CCC)C(=O)c1ccnc(Nc2ccc(N(CC)CC)cc2)c1. The Morgan fingerprint density at radius 2 is 1.59 bits per heavy atom. The zero-order valence-electron chi connectivity index (χ0n) is 17.0. The lowest BCUT2D eigenvalue weighted by Gasteiger charge is -2.22. The number of aromatic nitrogens is 1. The second-order valence-electron chi connectivity index (χ2n) is 6.57. The molecule has 2 rings (SSSR count). The first-order valence-corrected chi connectivity index (χ1v) is 10.00. The van der Waals surface area contributed by atoms with E-state index in [9.17, 15) is 4.79 Å². The monoisotopic (exact) mass is 368 g/mol. The molecule has 0 atom stereocenters. The number of carbonyl (C=O) groups is 1. The molecule has 0 aliphatic rings. The molecule has 5 heteroatoms. The van der Waals surface area contributed by atoms with Crippen molar-refractivity contribution < 1.29 is 4.79 Å². The lowest BCUT2D eigenvalue weighted by molar-refractivity contribution is 0.0755. The van der Waals surface area contributed by atoms with Gasteiger partial charge in [0.2, 0.25) is 0 Å². The van der Waals surface area contributed by atoms with E-state index in [0.717, 1.165) is 44.7 Å². The molecule has 1 heterocycles. The fraction of sp³-hybridized carbons (Fsp3) is 0.455. The van der Waals surface area contributed by atoms with Gasteiger partial charge in [0.1, 0.15) is 5.82 Å². The fourth-order valence-electron chi connectivity index (χ4n) is 3.16. The van der Waals surface area contributed by atoms with Gasteiger partial charge in [-0.15, -0.1) is 0 Å². The van der Waals surface area contributed by atoms with Crippen molar-refractivity contribution in [3.05, 3.63) is 48.2 Å². The Morgan fingerprint density at radius 3 is 2.15 bits per heavy atom. The Labute approximate surface area is 163 Å². The number of anilines is 3. The second-order valence-corrected chi connectivity index (χ2v) is 6.57. The summed E-state index contributed by atoms with van der Waals surface area (Å²) in [5.74, 6) is 0.755. The van der Waals surface area contributed by atoms with E-state index in [1.54, 1.807) is 12.3 Å². The van der Waals surface area contributed by atoms with Crippen LogP contribution in [-0.2, 0) is 0 Å². The quantitative estimate of drug-likeness (QED) is 0.646. The van der Waals surface area contributed by atoms with Crippen LogP contribution < -0.4 is 10.2 Å². The topological polar surface area (TPSA) is 48.5 Å². The molecule has 5 nitrogen and oxygen atoms in total. The van der Waals surface area contributed by atoms with Crippen molar-refractivity contribution in [1.29, 1.82) is 0 Å². The number of rotatable bonds is 10. The summed E-state index contributed by atoms with van der Waals surface area (Å²) in [5, 5.41) is 3.30. The van der Waals surface area contributed by atoms with Gasteiger partial charge in [0.05, 0.1) is 0 Å². The zero-order valence-corrected chi connectivity index (χ0v) is 17.0. The normalized spacial score (nSPS) is 10.5. The van der Waals surface area contributed by atoms with Crippen LogP contribution in [0.2, 0.25) is 0 Å². The van der Waals surface area contributed by atoms with Crippen LogP contribution in [0.5, 0.6) is 0 Å². The van der Waals surface area contributed by atoms with Gasteiger partial charge in [-0.2, -0.15) is 0 Å². The van der Waals surface area contributed by atoms with E-state index in [0.29, 0.717) is 11.4 Å². The second kappa shape index (κ2) is 10.6. The average Bonchev–Trinajstić information content (AvgIpc) is 2.70. The molecule has 1 N–H and O–H groups in total. The molecule has 0 aliphatic carbocycles. The summed E-state index contributed by atoms with van der Waals surface area (Å²) in [7, 11) is 0. The van der Waals surface area contributed by atoms with Crippen LogP contribution in [0.15, 0.2) is 42.6 Å². The maximum Gasteiger partial charge on any atom is 0.254 e. The van der Waals surface area contributed by atoms with Crippen LogP contribution in [0, 0.1) is 0 Å². The average molecular weight is 369 g/mol. The minimum absolute atomic E-state index is 0.0704. The van der Waals surface area contributed by atoms with Gasteiger partial charge >= 0.3 is 0 Å². The Kier molecular flexibility index (Phi) is 8.11. The van der Waals surface area contributed by atoms with Gasteiger partial charge in [0.25, 0.3) is 5.91 Å². The molecule has 0 aliphatic heterocycles. The number of benzene rings is 1. The predicted octanol–water partition coefficient (Wildman–Crippen LogP) is 4.93. The first-order valence-electron chi connectivity index (χ1n) is 10.00. The lowest BCUT2D eigenvalue weighted by atomic mass is 10.2. The maximum atomic E-state index is 12.8. The molecule has 0 unspecified atom stereocenters. The van der Waals surface area contributed by atoms with Gasteiger partial charge in [-0.05, 0) is 63.1 Å². The van der Waals surface area contributed by atoms with E-state index in [1.165, 1.54) is 5.69 Å². The molecular formula is C22H32N4O. The molecule has 146 valence electrons. The summed E-state index contributed by atoms with van der Waals surface area (Å²) in [6.45, 7) is 12.0. The number of pyridine rings is 1. The van der Waals surface area contributed by atoms with Gasteiger partial charge in [0.15, 0.2) is 0 Å². The van der Waals surface area contributed by atoms with Crippen LogP contribution in [0.1, 0.15) is 50.9 Å². The Bertz CT molecular complexity index is 705. The Hall–Kier alpha value is -2.56. The predicted molar refractivity (Wildman–Crippen MR) is 114 cm³/mol. The summed E-state index contributed by atoms with van der Waals surface area (Å²) < 4.78 is 0. The first kappa shape index (κ1) is 20.7. The third kappa shape index (κ3) is 5.71. The van der Waals surface area contributed by atoms with Gasteiger partial charge in [0, 0.05) is 49.3 Å². The highest BCUT2D eigenvalue weighted by Gasteiger charge is 2.15. The highest BCUT2D eigenvalue weighted by Crippen LogP contribution is 2.21. The molecular weight excluding hydrogens is 336 g/mol. The van der Waals surface area contributed by atoms with Gasteiger partial charge < -0.3 is 15.1 Å². The summed E-state index contributed by atoms with van der Waals surface area (Å²) in [4.78, 5) is 21.4. The largest absolute Gasteiger partial charge is 0.372 e. The highest BCUT2D eigenvalue weighted by molar-refractivity contribution is 5.95. The highest BCUT2D eigenvalue weighted by atomic mass is 16.2. The standard InChI is InChI=1S/C22H32N4O/c1-5-15-26(16-6-2)22(27)18-13-14-23-21(17-18)24-19-9-11-20(12-10-19)25(7-3)8-4/h9-14,17H,5-8,15-16H2,1-4H3,(H,23,24). The van der Waals surface area contributed by atoms with E-state index < -0.39 is 0 Å². The maximum absolute atomic E-state index is 12.8. The molecule has 1 amide bonds. The van der Waals surface area contributed by atoms with Crippen LogP contribution in [0.4, 0.5) is 17.2 Å².